The molecule has 0 unspecified atom stereocenters. The summed E-state index contributed by atoms with van der Waals surface area (Å²) in [5.74, 6) is 0. The second kappa shape index (κ2) is 12.6. The van der Waals surface area contributed by atoms with E-state index in [0.29, 0.717) is 0 Å². The molecular formula is C28H24Cl2SiZr-2. The maximum atomic E-state index is 3.48. The van der Waals surface area contributed by atoms with Crippen molar-refractivity contribution in [3.63, 3.8) is 0 Å². The van der Waals surface area contributed by atoms with Crippen LogP contribution in [0.5, 0.6) is 0 Å². The van der Waals surface area contributed by atoms with Crippen LogP contribution in [0, 0.1) is 6.07 Å². The van der Waals surface area contributed by atoms with Crippen molar-refractivity contribution in [3.05, 3.63) is 114 Å². The summed E-state index contributed by atoms with van der Waals surface area (Å²) in [7, 11) is 0. The first-order chi connectivity index (χ1) is 14.7. The Morgan fingerprint density at radius 3 is 2.03 bits per heavy atom. The Kier molecular flexibility index (Phi) is 10.5. The van der Waals surface area contributed by atoms with Gasteiger partial charge >= 0.3 is 41.9 Å². The number of fused-ring (bicyclic) bond motifs is 8. The molecule has 0 aliphatic heterocycles. The van der Waals surface area contributed by atoms with Crippen molar-refractivity contribution < 1.29 is 48.1 Å². The fraction of sp³-hybridized carbons (Fsp3) is 0.107. The summed E-state index contributed by atoms with van der Waals surface area (Å²) in [5, 5.41) is 5.30. The first-order valence-electron chi connectivity index (χ1n) is 10.3. The van der Waals surface area contributed by atoms with E-state index in [9.17, 15) is 0 Å². The van der Waals surface area contributed by atoms with Crippen LogP contribution in [0.25, 0.3) is 32.7 Å². The van der Waals surface area contributed by atoms with Gasteiger partial charge in [-0.1, -0.05) is 53.9 Å². The van der Waals surface area contributed by atoms with Crippen LogP contribution < -0.4 is 24.8 Å². The van der Waals surface area contributed by atoms with Crippen LogP contribution in [0.15, 0.2) is 97.1 Å². The maximum Gasteiger partial charge on any atom is -0.0240 e. The molecule has 32 heavy (non-hydrogen) atoms. The third kappa shape index (κ3) is 5.86. The number of hydrogen-bond acceptors (Lipinski definition) is 0. The normalized spacial score (nSPS) is 10.4. The molecule has 5 aromatic carbocycles. The van der Waals surface area contributed by atoms with Crippen molar-refractivity contribution >= 4 is 27.0 Å². The third-order valence-corrected chi connectivity index (χ3v) is 5.16. The van der Waals surface area contributed by atoms with Crippen molar-refractivity contribution in [1.29, 1.82) is 0 Å². The minimum absolute atomic E-state index is 0. The largest absolute Gasteiger partial charge is 1.00 e. The summed E-state index contributed by atoms with van der Waals surface area (Å²) in [6, 6.07) is 37.3. The van der Waals surface area contributed by atoms with Gasteiger partial charge in [0.15, 0.2) is 0 Å². The third-order valence-electron chi connectivity index (χ3n) is 5.16. The van der Waals surface area contributed by atoms with Gasteiger partial charge in [-0.2, -0.15) is 18.2 Å². The molecular weight excluding hydrogens is 527 g/mol. The molecule has 0 nitrogen and oxygen atoms in total. The number of benzene rings is 4. The van der Waals surface area contributed by atoms with Crippen molar-refractivity contribution in [3.8, 4) is 11.1 Å². The van der Waals surface area contributed by atoms with E-state index in [1.807, 2.05) is 36.4 Å². The molecule has 0 saturated heterocycles. The van der Waals surface area contributed by atoms with Gasteiger partial charge in [0.05, 0.1) is 0 Å². The van der Waals surface area contributed by atoms with Gasteiger partial charge in [0, 0.05) is 0 Å². The Morgan fingerprint density at radius 2 is 1.38 bits per heavy atom. The summed E-state index contributed by atoms with van der Waals surface area (Å²) in [5.41, 5.74) is 5.88. The number of halogens is 2. The zero-order chi connectivity index (χ0) is 20.9. The molecule has 0 atom stereocenters. The molecule has 5 aromatic rings. The average Bonchev–Trinajstić information content (AvgIpc) is 3.45. The molecule has 0 N–H and O–H groups in total. The molecule has 0 saturated carbocycles. The standard InChI is InChI=1S/C21H13.C5H5.C2H6Si.2ClH.Zr/c1-2-8-15-14(7-1)13-20-18-11-4-3-9-16(18)17-10-5-6-12-19(17)21(15)20;1-2-4-5-3-1;1-3-2;;;/h1-10,12H,13H2;1-5H;1-2H3;2*1H;/q2*-1;;;;+2/p-2. The topological polar surface area (TPSA) is 0 Å². The van der Waals surface area contributed by atoms with E-state index in [1.165, 1.54) is 43.8 Å². The molecule has 4 heteroatoms. The van der Waals surface area contributed by atoms with E-state index in [2.05, 4.69) is 79.8 Å². The second-order valence-electron chi connectivity index (χ2n) is 7.65. The van der Waals surface area contributed by atoms with Gasteiger partial charge in [0.2, 0.25) is 0 Å². The van der Waals surface area contributed by atoms with Crippen molar-refractivity contribution in [2.45, 2.75) is 19.5 Å². The van der Waals surface area contributed by atoms with E-state index in [0.717, 1.165) is 6.42 Å². The van der Waals surface area contributed by atoms with E-state index in [4.69, 9.17) is 0 Å². The van der Waals surface area contributed by atoms with Crippen LogP contribution >= 0.6 is 0 Å². The monoisotopic (exact) mass is 548 g/mol. The predicted molar refractivity (Wildman–Crippen MR) is 128 cm³/mol. The van der Waals surface area contributed by atoms with Gasteiger partial charge in [-0.15, -0.1) is 40.6 Å². The molecule has 0 spiro atoms. The van der Waals surface area contributed by atoms with Gasteiger partial charge in [-0.25, -0.2) is 12.1 Å². The molecule has 0 aromatic heterocycles. The first kappa shape index (κ1) is 26.7. The second-order valence-corrected chi connectivity index (χ2v) is 17.0. The van der Waals surface area contributed by atoms with Gasteiger partial charge in [-0.05, 0) is 28.5 Å². The van der Waals surface area contributed by atoms with Crippen LogP contribution in [-0.2, 0) is 29.8 Å². The van der Waals surface area contributed by atoms with E-state index >= 15 is 0 Å². The van der Waals surface area contributed by atoms with Crippen LogP contribution in [0.4, 0.5) is 0 Å². The zero-order valence-electron chi connectivity index (χ0n) is 18.2. The van der Waals surface area contributed by atoms with E-state index in [1.54, 1.807) is 23.3 Å². The SMILES string of the molecule is C[Si](C)=[Zr+2].[Cl-].[Cl-].[c-]1cccc2c1c1c(c3ccccc32)-c2ccccc2C1.c1cc[cH-]c1. The van der Waals surface area contributed by atoms with Gasteiger partial charge < -0.3 is 24.8 Å². The smallest absolute Gasteiger partial charge is 0.0240 e. The van der Waals surface area contributed by atoms with Crippen molar-refractivity contribution in [2.75, 3.05) is 0 Å². The molecule has 0 bridgehead atoms. The Hall–Kier alpha value is -1.57. The van der Waals surface area contributed by atoms with Crippen molar-refractivity contribution in [2.24, 2.45) is 0 Å². The Balaban J connectivity index is 0.000000282. The zero-order valence-corrected chi connectivity index (χ0v) is 23.2. The maximum absolute atomic E-state index is 3.48. The fourth-order valence-corrected chi connectivity index (χ4v) is 4.05. The predicted octanol–water partition coefficient (Wildman–Crippen LogP) is 1.56. The number of hydrogen-bond donors (Lipinski definition) is 0. The molecule has 0 heterocycles. The molecule has 1 aliphatic carbocycles. The Morgan fingerprint density at radius 1 is 0.781 bits per heavy atom. The number of rotatable bonds is 0. The summed E-state index contributed by atoms with van der Waals surface area (Å²) >= 11 is 1.74. The summed E-state index contributed by atoms with van der Waals surface area (Å²) in [6.45, 7) is 4.62. The van der Waals surface area contributed by atoms with E-state index < -0.39 is 0 Å². The summed E-state index contributed by atoms with van der Waals surface area (Å²) in [4.78, 5) is 0. The van der Waals surface area contributed by atoms with Gasteiger partial charge in [-0.3, -0.25) is 0 Å². The Labute approximate surface area is 218 Å². The van der Waals surface area contributed by atoms with Gasteiger partial charge in [0.1, 0.15) is 0 Å². The molecule has 1 aliphatic rings. The first-order valence-corrected chi connectivity index (χ1v) is 16.5. The minimum atomic E-state index is 0. The average molecular weight is 551 g/mol. The summed E-state index contributed by atoms with van der Waals surface area (Å²) in [6.07, 6.45) is 1.02. The molecule has 6 rings (SSSR count). The quantitative estimate of drug-likeness (QED) is 0.153. The summed E-state index contributed by atoms with van der Waals surface area (Å²) < 4.78 is 0. The van der Waals surface area contributed by atoms with Crippen LogP contribution in [0.3, 0.4) is 0 Å². The fourth-order valence-electron chi connectivity index (χ4n) is 4.05. The molecule has 0 radical (unpaired) electrons. The Bertz CT molecular complexity index is 1290. The molecule has 0 fully saturated rings. The van der Waals surface area contributed by atoms with Crippen molar-refractivity contribution in [1.82, 2.24) is 0 Å². The van der Waals surface area contributed by atoms with Gasteiger partial charge in [0.25, 0.3) is 0 Å². The molecule has 0 amide bonds. The molecule has 160 valence electrons. The van der Waals surface area contributed by atoms with Crippen LogP contribution in [-0.4, -0.2) is 5.43 Å². The minimum Gasteiger partial charge on any atom is -1.00 e. The van der Waals surface area contributed by atoms with Crippen LogP contribution in [0.1, 0.15) is 11.1 Å². The van der Waals surface area contributed by atoms with Crippen LogP contribution in [0.2, 0.25) is 13.1 Å². The van der Waals surface area contributed by atoms with E-state index in [-0.39, 0.29) is 30.2 Å².